The summed E-state index contributed by atoms with van der Waals surface area (Å²) in [7, 11) is 3.25. The molecule has 0 saturated carbocycles. The summed E-state index contributed by atoms with van der Waals surface area (Å²) < 4.78 is 11.1. The molecular weight excluding hydrogens is 443 g/mol. The lowest BCUT2D eigenvalue weighted by molar-refractivity contribution is 0.237. The average molecular weight is 466 g/mol. The summed E-state index contributed by atoms with van der Waals surface area (Å²) in [5.41, 5.74) is 0.524. The van der Waals surface area contributed by atoms with E-state index in [0.29, 0.717) is 17.4 Å². The molecule has 2 aromatic rings. The van der Waals surface area contributed by atoms with Crippen molar-refractivity contribution in [2.24, 2.45) is 11.3 Å². The van der Waals surface area contributed by atoms with Gasteiger partial charge in [-0.15, -0.1) is 0 Å². The standard InChI is InChI=1S/C19H23IN4O2/c1-19(2,10-21)12-5-6-24(17(20)7-12)18-13-8-15(25-3)16(26-4)9-14(13)22-11-23-18/h8-9,11-12,17H,5-7H2,1-4H3. The Bertz CT molecular complexity index is 849. The number of methoxy groups -OCH3 is 2. The molecule has 2 atom stereocenters. The van der Waals surface area contributed by atoms with Crippen molar-refractivity contribution in [3.05, 3.63) is 18.5 Å². The van der Waals surface area contributed by atoms with Gasteiger partial charge in [-0.3, -0.25) is 0 Å². The van der Waals surface area contributed by atoms with Crippen LogP contribution in [0.25, 0.3) is 10.9 Å². The summed E-state index contributed by atoms with van der Waals surface area (Å²) >= 11 is 2.46. The molecule has 0 radical (unpaired) electrons. The molecule has 26 heavy (non-hydrogen) atoms. The number of halogens is 1. The van der Waals surface area contributed by atoms with Gasteiger partial charge in [0.25, 0.3) is 0 Å². The molecule has 1 aliphatic heterocycles. The van der Waals surface area contributed by atoms with Gasteiger partial charge in [0.1, 0.15) is 12.1 Å². The number of nitrogens with zero attached hydrogens (tertiary/aromatic N) is 4. The monoisotopic (exact) mass is 466 g/mol. The van der Waals surface area contributed by atoms with E-state index in [1.807, 2.05) is 26.0 Å². The lowest BCUT2D eigenvalue weighted by atomic mass is 9.75. The molecule has 6 nitrogen and oxygen atoms in total. The number of anilines is 1. The number of hydrogen-bond donors (Lipinski definition) is 0. The fourth-order valence-corrected chi connectivity index (χ4v) is 4.65. The first-order valence-corrected chi connectivity index (χ1v) is 9.84. The lowest BCUT2D eigenvalue weighted by Gasteiger charge is -2.41. The number of benzene rings is 1. The number of piperidine rings is 1. The molecule has 1 aromatic carbocycles. The van der Waals surface area contributed by atoms with E-state index in [9.17, 15) is 5.26 Å². The maximum atomic E-state index is 9.45. The Hall–Kier alpha value is -1.82. The van der Waals surface area contributed by atoms with Crippen molar-refractivity contribution in [1.82, 2.24) is 9.97 Å². The van der Waals surface area contributed by atoms with Gasteiger partial charge < -0.3 is 14.4 Å². The number of fused-ring (bicyclic) bond motifs is 1. The molecule has 0 bridgehead atoms. The zero-order chi connectivity index (χ0) is 18.9. The van der Waals surface area contributed by atoms with E-state index in [1.165, 1.54) is 0 Å². The first-order chi connectivity index (χ1) is 12.4. The predicted octanol–water partition coefficient (Wildman–Crippen LogP) is 4.17. The fraction of sp³-hybridized carbons (Fsp3) is 0.526. The van der Waals surface area contributed by atoms with E-state index in [-0.39, 0.29) is 9.46 Å². The summed E-state index contributed by atoms with van der Waals surface area (Å²) in [6, 6.07) is 6.29. The highest BCUT2D eigenvalue weighted by Gasteiger charge is 2.37. The van der Waals surface area contributed by atoms with Crippen molar-refractivity contribution in [1.29, 1.82) is 5.26 Å². The van der Waals surface area contributed by atoms with E-state index < -0.39 is 0 Å². The van der Waals surface area contributed by atoms with Crippen LogP contribution in [0.15, 0.2) is 18.5 Å². The second kappa shape index (κ2) is 7.43. The third-order valence-electron chi connectivity index (χ3n) is 5.24. The maximum Gasteiger partial charge on any atom is 0.162 e. The van der Waals surface area contributed by atoms with Crippen LogP contribution < -0.4 is 14.4 Å². The molecule has 1 aromatic heterocycles. The van der Waals surface area contributed by atoms with Gasteiger partial charge in [-0.25, -0.2) is 9.97 Å². The van der Waals surface area contributed by atoms with E-state index >= 15 is 0 Å². The van der Waals surface area contributed by atoms with E-state index in [2.05, 4.69) is 43.5 Å². The molecule has 0 amide bonds. The molecule has 138 valence electrons. The molecule has 2 heterocycles. The van der Waals surface area contributed by atoms with Crippen molar-refractivity contribution >= 4 is 39.3 Å². The average Bonchev–Trinajstić information content (AvgIpc) is 2.66. The van der Waals surface area contributed by atoms with Gasteiger partial charge in [-0.05, 0) is 38.7 Å². The predicted molar refractivity (Wildman–Crippen MR) is 110 cm³/mol. The minimum Gasteiger partial charge on any atom is -0.493 e. The van der Waals surface area contributed by atoms with Crippen LogP contribution in [0.3, 0.4) is 0 Å². The Morgan fingerprint density at radius 3 is 2.54 bits per heavy atom. The minimum absolute atomic E-state index is 0.269. The van der Waals surface area contributed by atoms with Gasteiger partial charge in [0.05, 0.1) is 35.3 Å². The third kappa shape index (κ3) is 3.39. The van der Waals surface area contributed by atoms with Gasteiger partial charge in [-0.1, -0.05) is 22.6 Å². The normalized spacial score (nSPS) is 20.7. The van der Waals surface area contributed by atoms with Crippen LogP contribution in [0.5, 0.6) is 11.5 Å². The van der Waals surface area contributed by atoms with Crippen LogP contribution in [0.4, 0.5) is 5.82 Å². The van der Waals surface area contributed by atoms with Gasteiger partial charge in [0, 0.05) is 18.0 Å². The highest BCUT2D eigenvalue weighted by molar-refractivity contribution is 14.1. The number of hydrogen-bond acceptors (Lipinski definition) is 6. The Morgan fingerprint density at radius 2 is 1.92 bits per heavy atom. The lowest BCUT2D eigenvalue weighted by Crippen LogP contribution is -2.43. The van der Waals surface area contributed by atoms with Crippen molar-refractivity contribution in [3.8, 4) is 17.6 Å². The molecule has 0 spiro atoms. The Labute approximate surface area is 167 Å². The van der Waals surface area contributed by atoms with E-state index in [0.717, 1.165) is 36.1 Å². The first kappa shape index (κ1) is 19.0. The van der Waals surface area contributed by atoms with E-state index in [1.54, 1.807) is 20.5 Å². The number of ether oxygens (including phenoxy) is 2. The molecule has 0 N–H and O–H groups in total. The summed E-state index contributed by atoms with van der Waals surface area (Å²) in [5.74, 6) is 2.61. The third-order valence-corrected chi connectivity index (χ3v) is 6.42. The maximum absolute atomic E-state index is 9.45. The topological polar surface area (TPSA) is 71.3 Å². The van der Waals surface area contributed by atoms with E-state index in [4.69, 9.17) is 9.47 Å². The van der Waals surface area contributed by atoms with Gasteiger partial charge in [0.2, 0.25) is 0 Å². The van der Waals surface area contributed by atoms with Crippen LogP contribution in [0.2, 0.25) is 0 Å². The number of alkyl halides is 1. The summed E-state index contributed by atoms with van der Waals surface area (Å²) in [4.78, 5) is 11.3. The summed E-state index contributed by atoms with van der Waals surface area (Å²) in [6.45, 7) is 4.94. The number of aromatic nitrogens is 2. The molecule has 7 heteroatoms. The number of nitriles is 1. The van der Waals surface area contributed by atoms with Gasteiger partial charge in [-0.2, -0.15) is 5.26 Å². The van der Waals surface area contributed by atoms with Crippen molar-refractivity contribution in [2.45, 2.75) is 30.7 Å². The fourth-order valence-electron chi connectivity index (χ4n) is 3.50. The van der Waals surface area contributed by atoms with Crippen LogP contribution >= 0.6 is 22.6 Å². The summed E-state index contributed by atoms with van der Waals surface area (Å²) in [5, 5.41) is 10.4. The van der Waals surface area contributed by atoms with Gasteiger partial charge >= 0.3 is 0 Å². The molecule has 2 unspecified atom stereocenters. The molecule has 1 fully saturated rings. The second-order valence-corrected chi connectivity index (χ2v) is 8.54. The van der Waals surface area contributed by atoms with Crippen LogP contribution in [-0.4, -0.2) is 34.8 Å². The summed E-state index contributed by atoms with van der Waals surface area (Å²) in [6.07, 6.45) is 3.52. The van der Waals surface area contributed by atoms with Gasteiger partial charge in [0.15, 0.2) is 11.5 Å². The van der Waals surface area contributed by atoms with Crippen LogP contribution in [0.1, 0.15) is 26.7 Å². The Balaban J connectivity index is 1.97. The molecular formula is C19H23IN4O2. The number of rotatable bonds is 4. The molecule has 0 aliphatic carbocycles. The highest BCUT2D eigenvalue weighted by atomic mass is 127. The Morgan fingerprint density at radius 1 is 1.23 bits per heavy atom. The zero-order valence-corrected chi connectivity index (χ0v) is 17.6. The van der Waals surface area contributed by atoms with Crippen molar-refractivity contribution in [2.75, 3.05) is 25.7 Å². The SMILES string of the molecule is COc1cc2ncnc(N3CCC(C(C)(C)C#N)CC3I)c2cc1OC. The largest absolute Gasteiger partial charge is 0.493 e. The molecule has 3 rings (SSSR count). The quantitative estimate of drug-likeness (QED) is 0.383. The van der Waals surface area contributed by atoms with Crippen LogP contribution in [-0.2, 0) is 0 Å². The smallest absolute Gasteiger partial charge is 0.162 e. The second-order valence-electron chi connectivity index (χ2n) is 7.10. The first-order valence-electron chi connectivity index (χ1n) is 8.60. The minimum atomic E-state index is -0.306. The van der Waals surface area contributed by atoms with Crippen molar-refractivity contribution < 1.29 is 9.47 Å². The van der Waals surface area contributed by atoms with Crippen molar-refractivity contribution in [3.63, 3.8) is 0 Å². The molecule has 1 aliphatic rings. The molecule has 1 saturated heterocycles. The zero-order valence-electron chi connectivity index (χ0n) is 15.5. The Kier molecular flexibility index (Phi) is 5.42. The highest BCUT2D eigenvalue weighted by Crippen LogP contribution is 2.42. The van der Waals surface area contributed by atoms with Crippen LogP contribution in [0, 0.1) is 22.7 Å².